The summed E-state index contributed by atoms with van der Waals surface area (Å²) in [6.07, 6.45) is 5.60. The number of guanidine groups is 1. The minimum absolute atomic E-state index is 0. The maximum absolute atomic E-state index is 11.2. The SMILES string of the molecule is CCN1CCC(CCNC(=NC)NC(C)CCS(C)(=O)=O)CC1.I. The third-order valence-electron chi connectivity index (χ3n) is 4.53. The molecule has 8 heteroatoms. The van der Waals surface area contributed by atoms with E-state index < -0.39 is 9.84 Å². The zero-order valence-electron chi connectivity index (χ0n) is 15.5. The number of nitrogens with zero attached hydrogens (tertiary/aromatic N) is 2. The molecular formula is C16H35IN4O2S. The molecule has 0 aromatic rings. The van der Waals surface area contributed by atoms with Gasteiger partial charge in [0.2, 0.25) is 0 Å². The molecule has 1 aliphatic heterocycles. The maximum atomic E-state index is 11.2. The highest BCUT2D eigenvalue weighted by Gasteiger charge is 2.17. The number of halogens is 1. The fourth-order valence-corrected chi connectivity index (χ4v) is 3.66. The summed E-state index contributed by atoms with van der Waals surface area (Å²) in [6.45, 7) is 8.72. The summed E-state index contributed by atoms with van der Waals surface area (Å²) in [6, 6.07) is 0.0868. The van der Waals surface area contributed by atoms with Crippen molar-refractivity contribution in [3.63, 3.8) is 0 Å². The van der Waals surface area contributed by atoms with Gasteiger partial charge in [0.05, 0.1) is 5.75 Å². The molecule has 0 aromatic carbocycles. The lowest BCUT2D eigenvalue weighted by Gasteiger charge is -2.31. The number of rotatable bonds is 8. The molecular weight excluding hydrogens is 439 g/mol. The van der Waals surface area contributed by atoms with Crippen molar-refractivity contribution in [1.82, 2.24) is 15.5 Å². The lowest BCUT2D eigenvalue weighted by Crippen LogP contribution is -2.43. The van der Waals surface area contributed by atoms with Crippen LogP contribution in [-0.4, -0.2) is 70.6 Å². The Balaban J connectivity index is 0.00000529. The van der Waals surface area contributed by atoms with E-state index in [0.29, 0.717) is 6.42 Å². The molecule has 1 unspecified atom stereocenters. The van der Waals surface area contributed by atoms with Gasteiger partial charge >= 0.3 is 0 Å². The van der Waals surface area contributed by atoms with Crippen molar-refractivity contribution >= 4 is 39.8 Å². The Hall–Kier alpha value is -0.0900. The molecule has 1 aliphatic rings. The summed E-state index contributed by atoms with van der Waals surface area (Å²) in [7, 11) is -1.16. The van der Waals surface area contributed by atoms with Crippen LogP contribution in [0.15, 0.2) is 4.99 Å². The average Bonchev–Trinajstić information content (AvgIpc) is 2.52. The second-order valence-electron chi connectivity index (χ2n) is 6.63. The first-order chi connectivity index (χ1) is 10.8. The first kappa shape index (κ1) is 23.9. The van der Waals surface area contributed by atoms with Gasteiger partial charge in [-0.3, -0.25) is 4.99 Å². The highest BCUT2D eigenvalue weighted by atomic mass is 127. The monoisotopic (exact) mass is 474 g/mol. The molecule has 0 amide bonds. The molecule has 0 bridgehead atoms. The molecule has 1 saturated heterocycles. The van der Waals surface area contributed by atoms with Crippen LogP contribution in [0.2, 0.25) is 0 Å². The van der Waals surface area contributed by atoms with Crippen LogP contribution >= 0.6 is 24.0 Å². The average molecular weight is 474 g/mol. The van der Waals surface area contributed by atoms with Gasteiger partial charge in [0.15, 0.2) is 5.96 Å². The smallest absolute Gasteiger partial charge is 0.191 e. The van der Waals surface area contributed by atoms with Crippen LogP contribution in [0.25, 0.3) is 0 Å². The van der Waals surface area contributed by atoms with Gasteiger partial charge in [0, 0.05) is 25.9 Å². The van der Waals surface area contributed by atoms with E-state index in [4.69, 9.17) is 0 Å². The lowest BCUT2D eigenvalue weighted by atomic mass is 9.93. The van der Waals surface area contributed by atoms with E-state index in [9.17, 15) is 8.42 Å². The summed E-state index contributed by atoms with van der Waals surface area (Å²) in [4.78, 5) is 6.72. The molecule has 1 heterocycles. The number of hydrogen-bond donors (Lipinski definition) is 2. The third kappa shape index (κ3) is 10.7. The Labute approximate surface area is 165 Å². The quantitative estimate of drug-likeness (QED) is 0.319. The van der Waals surface area contributed by atoms with Crippen molar-refractivity contribution in [1.29, 1.82) is 0 Å². The molecule has 144 valence electrons. The van der Waals surface area contributed by atoms with Gasteiger partial charge in [-0.05, 0) is 58.2 Å². The molecule has 0 aromatic heterocycles. The summed E-state index contributed by atoms with van der Waals surface area (Å²) in [5, 5.41) is 6.61. The van der Waals surface area contributed by atoms with Gasteiger partial charge in [0.25, 0.3) is 0 Å². The van der Waals surface area contributed by atoms with Crippen molar-refractivity contribution in [2.75, 3.05) is 45.2 Å². The van der Waals surface area contributed by atoms with Gasteiger partial charge in [-0.1, -0.05) is 6.92 Å². The Morgan fingerprint density at radius 2 is 1.96 bits per heavy atom. The Kier molecular flexibility index (Phi) is 12.2. The van der Waals surface area contributed by atoms with Gasteiger partial charge in [-0.25, -0.2) is 8.42 Å². The van der Waals surface area contributed by atoms with E-state index in [1.54, 1.807) is 7.05 Å². The van der Waals surface area contributed by atoms with E-state index in [0.717, 1.165) is 31.4 Å². The number of sulfone groups is 1. The van der Waals surface area contributed by atoms with Crippen LogP contribution in [-0.2, 0) is 9.84 Å². The highest BCUT2D eigenvalue weighted by molar-refractivity contribution is 14.0. The fraction of sp³-hybridized carbons (Fsp3) is 0.938. The normalized spacial score (nSPS) is 18.8. The van der Waals surface area contributed by atoms with Gasteiger partial charge in [-0.15, -0.1) is 24.0 Å². The van der Waals surface area contributed by atoms with E-state index in [1.165, 1.54) is 32.2 Å². The molecule has 0 saturated carbocycles. The van der Waals surface area contributed by atoms with Crippen molar-refractivity contribution in [3.8, 4) is 0 Å². The van der Waals surface area contributed by atoms with Crippen molar-refractivity contribution in [3.05, 3.63) is 0 Å². The minimum Gasteiger partial charge on any atom is -0.356 e. The summed E-state index contributed by atoms with van der Waals surface area (Å²) >= 11 is 0. The predicted molar refractivity (Wildman–Crippen MR) is 113 cm³/mol. The van der Waals surface area contributed by atoms with Crippen LogP contribution in [0.4, 0.5) is 0 Å². The predicted octanol–water partition coefficient (Wildman–Crippen LogP) is 1.71. The van der Waals surface area contributed by atoms with E-state index in [-0.39, 0.29) is 35.8 Å². The summed E-state index contributed by atoms with van der Waals surface area (Å²) < 4.78 is 22.4. The maximum Gasteiger partial charge on any atom is 0.191 e. The summed E-state index contributed by atoms with van der Waals surface area (Å²) in [5.74, 6) is 1.76. The first-order valence-electron chi connectivity index (χ1n) is 8.71. The van der Waals surface area contributed by atoms with E-state index >= 15 is 0 Å². The van der Waals surface area contributed by atoms with Gasteiger partial charge in [0.1, 0.15) is 9.84 Å². The molecule has 2 N–H and O–H groups in total. The molecule has 24 heavy (non-hydrogen) atoms. The molecule has 1 fully saturated rings. The first-order valence-corrected chi connectivity index (χ1v) is 10.8. The standard InChI is InChI=1S/C16H34N4O2S.HI/c1-5-20-11-7-15(8-12-20)6-10-18-16(17-3)19-14(2)9-13-23(4,21)22;/h14-15H,5-13H2,1-4H3,(H2,17,18,19);1H. The Morgan fingerprint density at radius 3 is 2.46 bits per heavy atom. The van der Waals surface area contributed by atoms with Crippen LogP contribution < -0.4 is 10.6 Å². The Bertz CT molecular complexity index is 463. The fourth-order valence-electron chi connectivity index (χ4n) is 2.88. The van der Waals surface area contributed by atoms with Crippen molar-refractivity contribution in [2.24, 2.45) is 10.9 Å². The van der Waals surface area contributed by atoms with Crippen LogP contribution in [0.5, 0.6) is 0 Å². The molecule has 0 radical (unpaired) electrons. The zero-order chi connectivity index (χ0) is 17.3. The van der Waals surface area contributed by atoms with Crippen molar-refractivity contribution < 1.29 is 8.42 Å². The number of aliphatic imine (C=N–C) groups is 1. The second kappa shape index (κ2) is 12.3. The second-order valence-corrected chi connectivity index (χ2v) is 8.89. The topological polar surface area (TPSA) is 73.8 Å². The Morgan fingerprint density at radius 1 is 1.33 bits per heavy atom. The molecule has 0 spiro atoms. The molecule has 1 rings (SSSR count). The minimum atomic E-state index is -2.90. The number of piperidine rings is 1. The number of hydrogen-bond acceptors (Lipinski definition) is 4. The molecule has 1 atom stereocenters. The number of likely N-dealkylation sites (tertiary alicyclic amines) is 1. The van der Waals surface area contributed by atoms with E-state index in [1.807, 2.05) is 6.92 Å². The number of nitrogens with one attached hydrogen (secondary N) is 2. The lowest BCUT2D eigenvalue weighted by molar-refractivity contribution is 0.187. The van der Waals surface area contributed by atoms with Gasteiger partial charge in [-0.2, -0.15) is 0 Å². The largest absolute Gasteiger partial charge is 0.356 e. The van der Waals surface area contributed by atoms with Crippen molar-refractivity contribution in [2.45, 2.75) is 45.6 Å². The third-order valence-corrected chi connectivity index (χ3v) is 5.51. The molecule has 0 aliphatic carbocycles. The highest BCUT2D eigenvalue weighted by Crippen LogP contribution is 2.19. The molecule has 6 nitrogen and oxygen atoms in total. The van der Waals surface area contributed by atoms with Crippen LogP contribution in [0.3, 0.4) is 0 Å². The van der Waals surface area contributed by atoms with Gasteiger partial charge < -0.3 is 15.5 Å². The van der Waals surface area contributed by atoms with Crippen LogP contribution in [0, 0.1) is 5.92 Å². The summed E-state index contributed by atoms with van der Waals surface area (Å²) in [5.41, 5.74) is 0. The van der Waals surface area contributed by atoms with Crippen LogP contribution in [0.1, 0.15) is 39.5 Å². The van der Waals surface area contributed by atoms with E-state index in [2.05, 4.69) is 27.4 Å². The zero-order valence-corrected chi connectivity index (χ0v) is 18.7.